The summed E-state index contributed by atoms with van der Waals surface area (Å²) in [7, 11) is 0. The lowest BCUT2D eigenvalue weighted by Crippen LogP contribution is -2.45. The van der Waals surface area contributed by atoms with Crippen LogP contribution >= 0.6 is 0 Å². The third kappa shape index (κ3) is 15.3. The molecule has 0 rings (SSSR count). The minimum Gasteiger partial charge on any atom is -0.396 e. The van der Waals surface area contributed by atoms with E-state index in [1.54, 1.807) is 0 Å². The molecule has 1 unspecified atom stereocenters. The molecule has 0 aliphatic rings. The Labute approximate surface area is 181 Å². The molecule has 176 valence electrons. The molecule has 0 saturated heterocycles. The fraction of sp³-hybridized carbons (Fsp3) is 1.00. The Bertz CT molecular complexity index is 310. The van der Waals surface area contributed by atoms with E-state index >= 15 is 0 Å². The van der Waals surface area contributed by atoms with Crippen LogP contribution in [-0.4, -0.2) is 46.4 Å². The maximum atomic E-state index is 10.1. The summed E-state index contributed by atoms with van der Waals surface area (Å²) in [5.41, 5.74) is -1.16. The molecule has 4 nitrogen and oxygen atoms in total. The van der Waals surface area contributed by atoms with Crippen molar-refractivity contribution in [1.29, 1.82) is 0 Å². The first-order valence-corrected chi connectivity index (χ1v) is 12.7. The van der Waals surface area contributed by atoms with Crippen molar-refractivity contribution in [2.24, 2.45) is 5.41 Å². The van der Waals surface area contributed by atoms with Gasteiger partial charge in [-0.2, -0.15) is 0 Å². The van der Waals surface area contributed by atoms with Gasteiger partial charge in [0.2, 0.25) is 0 Å². The molecule has 0 bridgehead atoms. The summed E-state index contributed by atoms with van der Waals surface area (Å²) in [5.74, 6) is 0. The Morgan fingerprint density at radius 3 is 1.03 bits per heavy atom. The molecule has 1 atom stereocenters. The van der Waals surface area contributed by atoms with Crippen molar-refractivity contribution in [3.63, 3.8) is 0 Å². The summed E-state index contributed by atoms with van der Waals surface area (Å²) in [4.78, 5) is 0. The molecule has 4 heteroatoms. The Kier molecular flexibility index (Phi) is 21.0. The van der Waals surface area contributed by atoms with Crippen molar-refractivity contribution in [3.8, 4) is 0 Å². The van der Waals surface area contributed by atoms with Crippen LogP contribution < -0.4 is 0 Å². The summed E-state index contributed by atoms with van der Waals surface area (Å²) >= 11 is 0. The number of unbranched alkanes of at least 4 members (excludes halogenated alkanes) is 17. The molecular weight excluding hydrogens is 364 g/mol. The van der Waals surface area contributed by atoms with Gasteiger partial charge in [-0.15, -0.1) is 0 Å². The molecule has 0 fully saturated rings. The molecule has 0 saturated carbocycles. The van der Waals surface area contributed by atoms with Gasteiger partial charge in [0.1, 0.15) is 0 Å². The van der Waals surface area contributed by atoms with Gasteiger partial charge in [-0.3, -0.25) is 0 Å². The van der Waals surface area contributed by atoms with E-state index < -0.39 is 11.5 Å². The summed E-state index contributed by atoms with van der Waals surface area (Å²) in [6.07, 6.45) is 23.6. The standard InChI is InChI=1S/C25H52O4/c1-2-3-4-5-6-7-8-9-10-11-12-13-14-15-16-17-18-19-20-24(29)25(21-26,22-27)23-28/h24,26-29H,2-23H2,1H3. The first-order chi connectivity index (χ1) is 14.2. The van der Waals surface area contributed by atoms with Gasteiger partial charge in [0.25, 0.3) is 0 Å². The second kappa shape index (κ2) is 21.1. The third-order valence-electron chi connectivity index (χ3n) is 6.48. The Morgan fingerprint density at radius 2 is 0.759 bits per heavy atom. The van der Waals surface area contributed by atoms with E-state index in [4.69, 9.17) is 0 Å². The number of hydrogen-bond acceptors (Lipinski definition) is 4. The van der Waals surface area contributed by atoms with Crippen LogP contribution in [0.15, 0.2) is 0 Å². The van der Waals surface area contributed by atoms with Gasteiger partial charge in [0, 0.05) is 0 Å². The summed E-state index contributed by atoms with van der Waals surface area (Å²) in [5, 5.41) is 38.1. The SMILES string of the molecule is CCCCCCCCCCCCCCCCCCCCC(O)C(CO)(CO)CO. The molecule has 0 aromatic carbocycles. The molecule has 0 aliphatic carbocycles. The molecule has 4 N–H and O–H groups in total. The lowest BCUT2D eigenvalue weighted by atomic mass is 9.82. The van der Waals surface area contributed by atoms with Crippen molar-refractivity contribution >= 4 is 0 Å². The highest BCUT2D eigenvalue weighted by atomic mass is 16.3. The van der Waals surface area contributed by atoms with Crippen molar-refractivity contribution in [1.82, 2.24) is 0 Å². The molecule has 0 amide bonds. The summed E-state index contributed by atoms with van der Waals surface area (Å²) in [6.45, 7) is 1.11. The second-order valence-corrected chi connectivity index (χ2v) is 9.15. The minimum atomic E-state index is -1.16. The average molecular weight is 417 g/mol. The van der Waals surface area contributed by atoms with Crippen molar-refractivity contribution < 1.29 is 20.4 Å². The third-order valence-corrected chi connectivity index (χ3v) is 6.48. The van der Waals surface area contributed by atoms with Gasteiger partial charge in [-0.05, 0) is 6.42 Å². The van der Waals surface area contributed by atoms with Gasteiger partial charge in [-0.25, -0.2) is 0 Å². The van der Waals surface area contributed by atoms with E-state index in [9.17, 15) is 20.4 Å². The minimum absolute atomic E-state index is 0.389. The Hall–Kier alpha value is -0.160. The van der Waals surface area contributed by atoms with E-state index in [1.165, 1.54) is 103 Å². The lowest BCUT2D eigenvalue weighted by molar-refractivity contribution is -0.0863. The predicted molar refractivity (Wildman–Crippen MR) is 123 cm³/mol. The van der Waals surface area contributed by atoms with Gasteiger partial charge < -0.3 is 20.4 Å². The largest absolute Gasteiger partial charge is 0.396 e. The number of aliphatic hydroxyl groups is 4. The van der Waals surface area contributed by atoms with Crippen LogP contribution in [0, 0.1) is 5.41 Å². The smallest absolute Gasteiger partial charge is 0.0662 e. The van der Waals surface area contributed by atoms with E-state index in [2.05, 4.69) is 6.92 Å². The normalized spacial score (nSPS) is 13.1. The maximum Gasteiger partial charge on any atom is 0.0662 e. The van der Waals surface area contributed by atoms with E-state index in [-0.39, 0.29) is 19.8 Å². The first-order valence-electron chi connectivity index (χ1n) is 12.7. The molecular formula is C25H52O4. The summed E-state index contributed by atoms with van der Waals surface area (Å²) < 4.78 is 0. The van der Waals surface area contributed by atoms with E-state index in [0.717, 1.165) is 12.8 Å². The molecule has 0 heterocycles. The zero-order chi connectivity index (χ0) is 21.6. The molecule has 29 heavy (non-hydrogen) atoms. The zero-order valence-corrected chi connectivity index (χ0v) is 19.4. The Morgan fingerprint density at radius 1 is 0.483 bits per heavy atom. The topological polar surface area (TPSA) is 80.9 Å². The van der Waals surface area contributed by atoms with Crippen LogP contribution in [-0.2, 0) is 0 Å². The molecule has 0 radical (unpaired) electrons. The van der Waals surface area contributed by atoms with Crippen molar-refractivity contribution in [2.75, 3.05) is 19.8 Å². The molecule has 0 aliphatic heterocycles. The molecule has 0 aromatic rings. The van der Waals surface area contributed by atoms with Crippen LogP contribution in [0.3, 0.4) is 0 Å². The predicted octanol–water partition coefficient (Wildman–Crippen LogP) is 5.74. The summed E-state index contributed by atoms with van der Waals surface area (Å²) in [6, 6.07) is 0. The fourth-order valence-corrected chi connectivity index (χ4v) is 4.01. The van der Waals surface area contributed by atoms with E-state index in [0.29, 0.717) is 6.42 Å². The Balaban J connectivity index is 3.30. The van der Waals surface area contributed by atoms with Crippen LogP contribution in [0.1, 0.15) is 129 Å². The highest BCUT2D eigenvalue weighted by molar-refractivity contribution is 4.84. The van der Waals surface area contributed by atoms with Gasteiger partial charge >= 0.3 is 0 Å². The van der Waals surface area contributed by atoms with E-state index in [1.807, 2.05) is 0 Å². The average Bonchev–Trinajstić information content (AvgIpc) is 2.74. The lowest BCUT2D eigenvalue weighted by Gasteiger charge is -2.32. The quantitative estimate of drug-likeness (QED) is 0.160. The maximum absolute atomic E-state index is 10.1. The number of rotatable bonds is 23. The van der Waals surface area contributed by atoms with Crippen molar-refractivity contribution in [3.05, 3.63) is 0 Å². The number of hydrogen-bond donors (Lipinski definition) is 4. The van der Waals surface area contributed by atoms with Crippen LogP contribution in [0.2, 0.25) is 0 Å². The van der Waals surface area contributed by atoms with Crippen molar-refractivity contribution in [2.45, 2.75) is 135 Å². The van der Waals surface area contributed by atoms with Gasteiger partial charge in [0.05, 0.1) is 31.3 Å². The van der Waals surface area contributed by atoms with Crippen LogP contribution in [0.4, 0.5) is 0 Å². The van der Waals surface area contributed by atoms with Gasteiger partial charge in [-0.1, -0.05) is 122 Å². The zero-order valence-electron chi connectivity index (χ0n) is 19.4. The van der Waals surface area contributed by atoms with Gasteiger partial charge in [0.15, 0.2) is 0 Å². The second-order valence-electron chi connectivity index (χ2n) is 9.15. The van der Waals surface area contributed by atoms with Crippen LogP contribution in [0.5, 0.6) is 0 Å². The monoisotopic (exact) mass is 416 g/mol. The van der Waals surface area contributed by atoms with Crippen LogP contribution in [0.25, 0.3) is 0 Å². The first kappa shape index (κ1) is 28.8. The highest BCUT2D eigenvalue weighted by Crippen LogP contribution is 2.25. The molecule has 0 spiro atoms. The fourth-order valence-electron chi connectivity index (χ4n) is 4.01. The molecule has 0 aromatic heterocycles. The number of aliphatic hydroxyl groups excluding tert-OH is 4. The highest BCUT2D eigenvalue weighted by Gasteiger charge is 2.35.